The Morgan fingerprint density at radius 3 is 2.10 bits per heavy atom. The van der Waals surface area contributed by atoms with E-state index in [0.29, 0.717) is 0 Å². The minimum absolute atomic E-state index is 0.221. The molecular weight excluding hydrogens is 264 g/mol. The normalized spacial score (nSPS) is 23.1. The summed E-state index contributed by atoms with van der Waals surface area (Å²) in [5.41, 5.74) is 2.87. The van der Waals surface area contributed by atoms with Crippen molar-refractivity contribution >= 4 is 11.6 Å². The zero-order valence-electron chi connectivity index (χ0n) is 12.5. The largest absolute Gasteiger partial charge is 0.118 e. The van der Waals surface area contributed by atoms with Crippen molar-refractivity contribution in [1.29, 1.82) is 0 Å². The average Bonchev–Trinajstić information content (AvgIpc) is 3.01. The lowest BCUT2D eigenvalue weighted by Gasteiger charge is -2.22. The van der Waals surface area contributed by atoms with E-state index in [4.69, 9.17) is 11.6 Å². The van der Waals surface area contributed by atoms with Crippen molar-refractivity contribution in [3.05, 3.63) is 35.4 Å². The highest BCUT2D eigenvalue weighted by molar-refractivity contribution is 6.20. The molecule has 0 aliphatic heterocycles. The van der Waals surface area contributed by atoms with Crippen molar-refractivity contribution in [3.8, 4) is 0 Å². The first-order chi connectivity index (χ1) is 9.83. The van der Waals surface area contributed by atoms with Crippen LogP contribution < -0.4 is 0 Å². The van der Waals surface area contributed by atoms with Crippen LogP contribution in [0.15, 0.2) is 24.3 Å². The predicted octanol–water partition coefficient (Wildman–Crippen LogP) is 6.59. The molecule has 1 aromatic carbocycles. The lowest BCUT2D eigenvalue weighted by atomic mass is 9.83. The molecule has 1 heteroatoms. The summed E-state index contributed by atoms with van der Waals surface area (Å²) in [5, 5.41) is 0.221. The maximum atomic E-state index is 6.62. The average molecular weight is 291 g/mol. The van der Waals surface area contributed by atoms with E-state index >= 15 is 0 Å². The van der Waals surface area contributed by atoms with E-state index < -0.39 is 0 Å². The van der Waals surface area contributed by atoms with Gasteiger partial charge in [0.1, 0.15) is 0 Å². The van der Waals surface area contributed by atoms with Gasteiger partial charge in [-0.2, -0.15) is 0 Å². The molecule has 0 radical (unpaired) electrons. The number of rotatable bonds is 4. The smallest absolute Gasteiger partial charge is 0.0587 e. The van der Waals surface area contributed by atoms with Gasteiger partial charge in [-0.3, -0.25) is 0 Å². The Kier molecular flexibility index (Phi) is 5.04. The molecule has 2 aliphatic carbocycles. The van der Waals surface area contributed by atoms with E-state index in [1.165, 1.54) is 75.3 Å². The van der Waals surface area contributed by atoms with Crippen LogP contribution in [0.1, 0.15) is 86.6 Å². The Morgan fingerprint density at radius 1 is 0.850 bits per heavy atom. The topological polar surface area (TPSA) is 0 Å². The van der Waals surface area contributed by atoms with Gasteiger partial charge in [0, 0.05) is 0 Å². The van der Waals surface area contributed by atoms with Crippen LogP contribution in [-0.2, 0) is 0 Å². The van der Waals surface area contributed by atoms with E-state index in [-0.39, 0.29) is 5.38 Å². The van der Waals surface area contributed by atoms with Gasteiger partial charge in [-0.05, 0) is 42.2 Å². The molecule has 0 saturated heterocycles. The molecule has 0 aromatic heterocycles. The number of halogens is 1. The van der Waals surface area contributed by atoms with E-state index in [1.807, 2.05) is 0 Å². The van der Waals surface area contributed by atoms with E-state index in [9.17, 15) is 0 Å². The SMILES string of the molecule is ClC(CC1CCCC1)c1ccc(C2CCCCC2)cc1. The molecule has 0 N–H and O–H groups in total. The molecule has 0 amide bonds. The van der Waals surface area contributed by atoms with Crippen LogP contribution in [0.3, 0.4) is 0 Å². The third kappa shape index (κ3) is 3.58. The van der Waals surface area contributed by atoms with Gasteiger partial charge in [0.05, 0.1) is 5.38 Å². The molecule has 1 aromatic rings. The molecule has 3 rings (SSSR count). The van der Waals surface area contributed by atoms with Crippen LogP contribution >= 0.6 is 11.6 Å². The van der Waals surface area contributed by atoms with Crippen LogP contribution in [0.5, 0.6) is 0 Å². The molecule has 2 aliphatic rings. The zero-order valence-corrected chi connectivity index (χ0v) is 13.2. The Labute approximate surface area is 128 Å². The van der Waals surface area contributed by atoms with Crippen molar-refractivity contribution < 1.29 is 0 Å². The van der Waals surface area contributed by atoms with Gasteiger partial charge in [0.2, 0.25) is 0 Å². The summed E-state index contributed by atoms with van der Waals surface area (Å²) in [6.07, 6.45) is 13.8. The maximum absolute atomic E-state index is 6.62. The second-order valence-electron chi connectivity index (χ2n) is 6.86. The molecule has 1 atom stereocenters. The zero-order chi connectivity index (χ0) is 13.8. The van der Waals surface area contributed by atoms with Crippen LogP contribution in [0.25, 0.3) is 0 Å². The monoisotopic (exact) mass is 290 g/mol. The van der Waals surface area contributed by atoms with Crippen molar-refractivity contribution in [2.75, 3.05) is 0 Å². The lowest BCUT2D eigenvalue weighted by molar-refractivity contribution is 0.443. The second kappa shape index (κ2) is 6.98. The van der Waals surface area contributed by atoms with Crippen LogP contribution in [0.4, 0.5) is 0 Å². The third-order valence-corrected chi connectivity index (χ3v) is 5.82. The molecule has 0 bridgehead atoms. The Hall–Kier alpha value is -0.490. The van der Waals surface area contributed by atoms with Gasteiger partial charge in [-0.15, -0.1) is 11.6 Å². The molecule has 110 valence electrons. The van der Waals surface area contributed by atoms with Gasteiger partial charge in [0.15, 0.2) is 0 Å². The molecule has 2 saturated carbocycles. The minimum atomic E-state index is 0.221. The van der Waals surface area contributed by atoms with Gasteiger partial charge < -0.3 is 0 Å². The van der Waals surface area contributed by atoms with Crippen molar-refractivity contribution in [2.24, 2.45) is 5.92 Å². The van der Waals surface area contributed by atoms with Crippen LogP contribution in [0, 0.1) is 5.92 Å². The maximum Gasteiger partial charge on any atom is 0.0587 e. The van der Waals surface area contributed by atoms with Crippen molar-refractivity contribution in [1.82, 2.24) is 0 Å². The number of benzene rings is 1. The fourth-order valence-electron chi connectivity index (χ4n) is 4.09. The number of hydrogen-bond donors (Lipinski definition) is 0. The first kappa shape index (κ1) is 14.4. The molecular formula is C19H27Cl. The van der Waals surface area contributed by atoms with E-state index in [0.717, 1.165) is 11.8 Å². The molecule has 2 fully saturated rings. The molecule has 1 unspecified atom stereocenters. The van der Waals surface area contributed by atoms with Gasteiger partial charge >= 0.3 is 0 Å². The Bertz CT molecular complexity index is 396. The first-order valence-corrected chi connectivity index (χ1v) is 9.00. The number of alkyl halides is 1. The Balaban J connectivity index is 1.59. The van der Waals surface area contributed by atoms with Crippen LogP contribution in [0.2, 0.25) is 0 Å². The van der Waals surface area contributed by atoms with Gasteiger partial charge in [0.25, 0.3) is 0 Å². The minimum Gasteiger partial charge on any atom is -0.118 e. The first-order valence-electron chi connectivity index (χ1n) is 8.57. The summed E-state index contributed by atoms with van der Waals surface area (Å²) in [6.45, 7) is 0. The molecule has 20 heavy (non-hydrogen) atoms. The standard InChI is InChI=1S/C19H27Cl/c20-19(14-15-6-4-5-7-15)18-12-10-17(11-13-18)16-8-2-1-3-9-16/h10-13,15-16,19H,1-9,14H2. The predicted molar refractivity (Wildman–Crippen MR) is 87.4 cm³/mol. The van der Waals surface area contributed by atoms with Gasteiger partial charge in [-0.1, -0.05) is 69.2 Å². The second-order valence-corrected chi connectivity index (χ2v) is 7.38. The summed E-state index contributed by atoms with van der Waals surface area (Å²) < 4.78 is 0. The number of hydrogen-bond acceptors (Lipinski definition) is 0. The van der Waals surface area contributed by atoms with Gasteiger partial charge in [-0.25, -0.2) is 0 Å². The molecule has 0 spiro atoms. The summed E-state index contributed by atoms with van der Waals surface area (Å²) in [5.74, 6) is 1.68. The molecule has 0 nitrogen and oxygen atoms in total. The van der Waals surface area contributed by atoms with Crippen molar-refractivity contribution in [2.45, 2.75) is 75.5 Å². The van der Waals surface area contributed by atoms with Crippen molar-refractivity contribution in [3.63, 3.8) is 0 Å². The fourth-order valence-corrected chi connectivity index (χ4v) is 4.49. The quantitative estimate of drug-likeness (QED) is 0.548. The summed E-state index contributed by atoms with van der Waals surface area (Å²) in [6, 6.07) is 9.26. The van der Waals surface area contributed by atoms with E-state index in [2.05, 4.69) is 24.3 Å². The summed E-state index contributed by atoms with van der Waals surface area (Å²) in [4.78, 5) is 0. The van der Waals surface area contributed by atoms with E-state index in [1.54, 1.807) is 0 Å². The fraction of sp³-hybridized carbons (Fsp3) is 0.684. The molecule has 0 heterocycles. The van der Waals surface area contributed by atoms with Crippen LogP contribution in [-0.4, -0.2) is 0 Å². The highest BCUT2D eigenvalue weighted by atomic mass is 35.5. The summed E-state index contributed by atoms with van der Waals surface area (Å²) >= 11 is 6.62. The highest BCUT2D eigenvalue weighted by Crippen LogP contribution is 2.37. The summed E-state index contributed by atoms with van der Waals surface area (Å²) in [7, 11) is 0. The highest BCUT2D eigenvalue weighted by Gasteiger charge is 2.20. The lowest BCUT2D eigenvalue weighted by Crippen LogP contribution is -2.05. The Morgan fingerprint density at radius 2 is 1.45 bits per heavy atom. The third-order valence-electron chi connectivity index (χ3n) is 5.39.